The molecule has 0 saturated heterocycles. The van der Waals surface area contributed by atoms with Gasteiger partial charge in [0.15, 0.2) is 0 Å². The maximum Gasteiger partial charge on any atom is -0.00264 e. The molecule has 0 aliphatic heterocycles. The van der Waals surface area contributed by atoms with Crippen molar-refractivity contribution in [3.63, 3.8) is 0 Å². The molecule has 0 amide bonds. The predicted molar refractivity (Wildman–Crippen MR) is 144 cm³/mol. The first-order valence-electron chi connectivity index (χ1n) is 11.6. The smallest absolute Gasteiger partial charge is 0.00264 e. The van der Waals surface area contributed by atoms with E-state index < -0.39 is 0 Å². The van der Waals surface area contributed by atoms with Gasteiger partial charge in [0.25, 0.3) is 0 Å². The Hall–Kier alpha value is -4.16. The summed E-state index contributed by atoms with van der Waals surface area (Å²) in [5, 5.41) is 10.6. The average molecular weight is 419 g/mol. The van der Waals surface area contributed by atoms with Gasteiger partial charge in [0.2, 0.25) is 0 Å². The summed E-state index contributed by atoms with van der Waals surface area (Å²) in [5.41, 5.74) is 5.11. The van der Waals surface area contributed by atoms with E-state index >= 15 is 0 Å². The highest BCUT2D eigenvalue weighted by molar-refractivity contribution is 6.24. The van der Waals surface area contributed by atoms with Gasteiger partial charge >= 0.3 is 0 Å². The maximum atomic E-state index is 2.37. The maximum absolute atomic E-state index is 2.37. The molecule has 0 unspecified atom stereocenters. The molecule has 0 fully saturated rings. The Morgan fingerprint density at radius 3 is 1.79 bits per heavy atom. The quantitative estimate of drug-likeness (QED) is 0.246. The van der Waals surface area contributed by atoms with Crippen LogP contribution >= 0.6 is 0 Å². The van der Waals surface area contributed by atoms with Crippen LogP contribution in [0.3, 0.4) is 0 Å². The Bertz CT molecular complexity index is 1710. The minimum absolute atomic E-state index is 0.980. The van der Waals surface area contributed by atoms with Gasteiger partial charge in [0.1, 0.15) is 0 Å². The van der Waals surface area contributed by atoms with Gasteiger partial charge in [0, 0.05) is 0 Å². The summed E-state index contributed by atoms with van der Waals surface area (Å²) in [6, 6.07) is 33.7. The second-order valence-electron chi connectivity index (χ2n) is 8.91. The van der Waals surface area contributed by atoms with E-state index in [2.05, 4.69) is 121 Å². The average Bonchev–Trinajstić information content (AvgIpc) is 3.16. The van der Waals surface area contributed by atoms with Crippen LogP contribution in [0, 0.1) is 0 Å². The van der Waals surface area contributed by atoms with E-state index in [1.807, 2.05) is 0 Å². The summed E-state index contributed by atoms with van der Waals surface area (Å²) >= 11 is 0. The zero-order valence-corrected chi connectivity index (χ0v) is 18.3. The van der Waals surface area contributed by atoms with E-state index in [9.17, 15) is 0 Å². The largest absolute Gasteiger partial charge is 0.0807 e. The fourth-order valence-corrected chi connectivity index (χ4v) is 5.49. The van der Waals surface area contributed by atoms with E-state index in [1.54, 1.807) is 0 Å². The Kier molecular flexibility index (Phi) is 4.01. The van der Waals surface area contributed by atoms with Gasteiger partial charge in [-0.15, -0.1) is 0 Å². The van der Waals surface area contributed by atoms with Crippen molar-refractivity contribution in [2.45, 2.75) is 6.42 Å². The van der Waals surface area contributed by atoms with E-state index in [1.165, 1.54) is 65.4 Å². The van der Waals surface area contributed by atoms with Crippen LogP contribution in [0.1, 0.15) is 12.0 Å². The van der Waals surface area contributed by atoms with Crippen LogP contribution in [0.25, 0.3) is 59.8 Å². The number of hydrogen-bond donors (Lipinski definition) is 0. The van der Waals surface area contributed by atoms with Crippen molar-refractivity contribution in [3.05, 3.63) is 127 Å². The summed E-state index contributed by atoms with van der Waals surface area (Å²) in [6.45, 7) is 0. The van der Waals surface area contributed by atoms with Gasteiger partial charge in [-0.2, -0.15) is 0 Å². The van der Waals surface area contributed by atoms with Gasteiger partial charge in [-0.3, -0.25) is 0 Å². The molecule has 33 heavy (non-hydrogen) atoms. The zero-order valence-electron chi connectivity index (χ0n) is 18.3. The Morgan fingerprint density at radius 1 is 0.485 bits per heavy atom. The first kappa shape index (κ1) is 18.4. The minimum atomic E-state index is 0.980. The van der Waals surface area contributed by atoms with E-state index in [0.717, 1.165) is 6.42 Å². The second kappa shape index (κ2) is 7.18. The molecule has 0 heterocycles. The van der Waals surface area contributed by atoms with Crippen molar-refractivity contribution in [3.8, 4) is 11.1 Å². The molecule has 1 aliphatic carbocycles. The molecule has 6 aromatic carbocycles. The predicted octanol–water partition coefficient (Wildman–Crippen LogP) is 9.30. The van der Waals surface area contributed by atoms with Crippen LogP contribution in [-0.4, -0.2) is 0 Å². The van der Waals surface area contributed by atoms with Gasteiger partial charge in [-0.1, -0.05) is 109 Å². The molecular formula is C33H22. The topological polar surface area (TPSA) is 0 Å². The van der Waals surface area contributed by atoms with E-state index in [-0.39, 0.29) is 0 Å². The highest BCUT2D eigenvalue weighted by Gasteiger charge is 2.14. The van der Waals surface area contributed by atoms with Crippen molar-refractivity contribution in [1.29, 1.82) is 0 Å². The van der Waals surface area contributed by atoms with Crippen LogP contribution in [0.4, 0.5) is 0 Å². The molecule has 0 bridgehead atoms. The number of benzene rings is 6. The molecule has 7 rings (SSSR count). The molecule has 0 aromatic heterocycles. The Balaban J connectivity index is 1.55. The van der Waals surface area contributed by atoms with Crippen LogP contribution in [0.15, 0.2) is 121 Å². The number of allylic oxidation sites excluding steroid dienone is 6. The molecule has 154 valence electrons. The number of hydrogen-bond acceptors (Lipinski definition) is 0. The molecule has 0 heteroatoms. The normalized spacial score (nSPS) is 13.9. The Labute approximate surface area is 193 Å². The molecule has 0 nitrogen and oxygen atoms in total. The Morgan fingerprint density at radius 2 is 1.06 bits per heavy atom. The van der Waals surface area contributed by atoms with Crippen molar-refractivity contribution < 1.29 is 0 Å². The summed E-state index contributed by atoms with van der Waals surface area (Å²) in [7, 11) is 0. The van der Waals surface area contributed by atoms with Crippen LogP contribution in [0.2, 0.25) is 0 Å². The third-order valence-corrected chi connectivity index (χ3v) is 6.97. The lowest BCUT2D eigenvalue weighted by molar-refractivity contribution is 1.41. The first-order valence-corrected chi connectivity index (χ1v) is 11.6. The molecule has 6 aromatic rings. The minimum Gasteiger partial charge on any atom is -0.0807 e. The zero-order chi connectivity index (χ0) is 21.8. The van der Waals surface area contributed by atoms with Crippen molar-refractivity contribution >= 4 is 48.7 Å². The van der Waals surface area contributed by atoms with E-state index in [4.69, 9.17) is 0 Å². The third-order valence-electron chi connectivity index (χ3n) is 6.97. The third kappa shape index (κ3) is 2.84. The molecule has 0 radical (unpaired) electrons. The number of rotatable bonds is 2. The monoisotopic (exact) mass is 418 g/mol. The molecule has 1 aliphatic rings. The highest BCUT2D eigenvalue weighted by atomic mass is 14.2. The van der Waals surface area contributed by atoms with Gasteiger partial charge in [0.05, 0.1) is 0 Å². The molecule has 0 atom stereocenters. The van der Waals surface area contributed by atoms with Gasteiger partial charge in [-0.25, -0.2) is 0 Å². The van der Waals surface area contributed by atoms with Crippen LogP contribution in [0.5, 0.6) is 0 Å². The van der Waals surface area contributed by atoms with Crippen LogP contribution in [-0.2, 0) is 0 Å². The lowest BCUT2D eigenvalue weighted by atomic mass is 9.88. The first-order chi connectivity index (χ1) is 16.4. The number of fused-ring (bicyclic) bond motifs is 1. The summed E-state index contributed by atoms with van der Waals surface area (Å²) in [5.74, 6) is 0. The summed E-state index contributed by atoms with van der Waals surface area (Å²) in [6.07, 6.45) is 12.1. The molecule has 0 N–H and O–H groups in total. The molecular weight excluding hydrogens is 396 g/mol. The van der Waals surface area contributed by atoms with Crippen molar-refractivity contribution in [1.82, 2.24) is 0 Å². The lowest BCUT2D eigenvalue weighted by Crippen LogP contribution is -1.90. The molecule has 0 saturated carbocycles. The van der Waals surface area contributed by atoms with Crippen molar-refractivity contribution in [2.75, 3.05) is 0 Å². The second-order valence-corrected chi connectivity index (χ2v) is 8.91. The highest BCUT2D eigenvalue weighted by Crippen LogP contribution is 2.40. The molecule has 0 spiro atoms. The summed E-state index contributed by atoms with van der Waals surface area (Å²) < 4.78 is 0. The van der Waals surface area contributed by atoms with E-state index in [0.29, 0.717) is 0 Å². The fourth-order valence-electron chi connectivity index (χ4n) is 5.49. The van der Waals surface area contributed by atoms with Crippen LogP contribution < -0.4 is 0 Å². The fraction of sp³-hybridized carbons (Fsp3) is 0.0303. The standard InChI is InChI=1S/C33H22/c1-2-4-9-22(8-3-1)29-14-6-12-23-13-7-15-30(33(23)29)28-20-26-18-16-24-10-5-11-25-17-19-27(21-28)32(26)31(24)25/h1,3-21H,2H2. The van der Waals surface area contributed by atoms with Gasteiger partial charge in [-0.05, 0) is 83.9 Å². The van der Waals surface area contributed by atoms with Gasteiger partial charge < -0.3 is 0 Å². The van der Waals surface area contributed by atoms with Crippen molar-refractivity contribution in [2.24, 2.45) is 0 Å². The lowest BCUT2D eigenvalue weighted by Gasteiger charge is -2.16. The summed E-state index contributed by atoms with van der Waals surface area (Å²) in [4.78, 5) is 0. The SMILES string of the molecule is C1=CCC=CC(c2cccc3cccc(-c4cc5ccc6cccc7ccc(c4)c5c67)c23)=C1.